The van der Waals surface area contributed by atoms with Gasteiger partial charge in [-0.2, -0.15) is 0 Å². The Hall–Kier alpha value is -1.86. The van der Waals surface area contributed by atoms with Crippen LogP contribution in [0.5, 0.6) is 5.75 Å². The summed E-state index contributed by atoms with van der Waals surface area (Å²) >= 11 is 6.41. The van der Waals surface area contributed by atoms with E-state index >= 15 is 0 Å². The lowest BCUT2D eigenvalue weighted by atomic mass is 10.2. The van der Waals surface area contributed by atoms with Gasteiger partial charge in [-0.05, 0) is 30.2 Å². The molecular weight excluding hydrogens is 358 g/mol. The maximum atomic E-state index is 12.5. The quantitative estimate of drug-likeness (QED) is 0.298. The highest BCUT2D eigenvalue weighted by Gasteiger charge is 2.33. The van der Waals surface area contributed by atoms with Crippen molar-refractivity contribution in [3.8, 4) is 5.75 Å². The number of carbonyl (C=O) groups excluding carboxylic acids is 2. The van der Waals surface area contributed by atoms with Crippen LogP contribution in [0.2, 0.25) is 0 Å². The number of nitrogens with zero attached hydrogens (tertiary/aromatic N) is 1. The average molecular weight is 380 g/mol. The van der Waals surface area contributed by atoms with Gasteiger partial charge < -0.3 is 9.47 Å². The number of unbranched alkanes of at least 4 members (excludes halogenated alkanes) is 2. The van der Waals surface area contributed by atoms with E-state index in [1.807, 2.05) is 24.3 Å². The minimum Gasteiger partial charge on any atom is -0.497 e. The highest BCUT2D eigenvalue weighted by molar-refractivity contribution is 8.26. The number of amides is 1. The van der Waals surface area contributed by atoms with Crippen LogP contribution in [0.1, 0.15) is 31.7 Å². The number of thiocarbonyl (C=S) groups is 1. The molecule has 1 aromatic carbocycles. The second-order valence-corrected chi connectivity index (χ2v) is 7.14. The summed E-state index contributed by atoms with van der Waals surface area (Å²) in [4.78, 5) is 26.1. The van der Waals surface area contributed by atoms with Gasteiger partial charge in [0, 0.05) is 0 Å². The van der Waals surface area contributed by atoms with Gasteiger partial charge in [0.25, 0.3) is 5.91 Å². The second-order valence-electron chi connectivity index (χ2n) is 5.47. The topological polar surface area (TPSA) is 55.8 Å². The van der Waals surface area contributed by atoms with E-state index in [-0.39, 0.29) is 12.5 Å². The summed E-state index contributed by atoms with van der Waals surface area (Å²) in [6, 6.07) is 7.35. The van der Waals surface area contributed by atoms with Gasteiger partial charge in [0.2, 0.25) is 0 Å². The van der Waals surface area contributed by atoms with Crippen molar-refractivity contribution in [1.29, 1.82) is 0 Å². The molecule has 0 saturated carbocycles. The van der Waals surface area contributed by atoms with Gasteiger partial charge in [-0.1, -0.05) is 55.9 Å². The van der Waals surface area contributed by atoms with Crippen LogP contribution in [0.15, 0.2) is 29.2 Å². The summed E-state index contributed by atoms with van der Waals surface area (Å²) in [5.74, 6) is 0.0462. The number of benzene rings is 1. The van der Waals surface area contributed by atoms with Crippen molar-refractivity contribution in [2.45, 2.75) is 26.2 Å². The smallest absolute Gasteiger partial charge is 0.326 e. The molecule has 0 radical (unpaired) electrons. The van der Waals surface area contributed by atoms with Crippen molar-refractivity contribution in [2.75, 3.05) is 20.3 Å². The summed E-state index contributed by atoms with van der Waals surface area (Å²) in [6.45, 7) is 2.32. The van der Waals surface area contributed by atoms with Crippen LogP contribution in [-0.4, -0.2) is 41.4 Å². The molecule has 0 aliphatic carbocycles. The van der Waals surface area contributed by atoms with Gasteiger partial charge in [0.15, 0.2) is 0 Å². The molecule has 0 N–H and O–H groups in total. The molecule has 2 rings (SSSR count). The molecule has 7 heteroatoms. The van der Waals surface area contributed by atoms with Crippen molar-refractivity contribution in [1.82, 2.24) is 4.90 Å². The molecule has 25 heavy (non-hydrogen) atoms. The standard InChI is InChI=1S/C18H21NO4S2/c1-3-4-5-10-23-16(20)12-19-17(21)15(25-18(19)24)11-13-6-8-14(22-2)9-7-13/h6-9,11H,3-5,10,12H2,1-2H3. The van der Waals surface area contributed by atoms with Gasteiger partial charge >= 0.3 is 5.97 Å². The Morgan fingerprint density at radius 3 is 2.64 bits per heavy atom. The number of hydrogen-bond acceptors (Lipinski definition) is 6. The summed E-state index contributed by atoms with van der Waals surface area (Å²) in [7, 11) is 1.60. The summed E-state index contributed by atoms with van der Waals surface area (Å²) in [5, 5.41) is 0. The molecule has 1 aromatic rings. The van der Waals surface area contributed by atoms with E-state index in [1.165, 1.54) is 16.7 Å². The molecule has 0 spiro atoms. The van der Waals surface area contributed by atoms with E-state index in [0.717, 1.165) is 30.6 Å². The Bertz CT molecular complexity index is 670. The number of ether oxygens (including phenoxy) is 2. The molecule has 0 atom stereocenters. The molecule has 1 heterocycles. The predicted molar refractivity (Wildman–Crippen MR) is 103 cm³/mol. The van der Waals surface area contributed by atoms with E-state index in [2.05, 4.69) is 6.92 Å². The van der Waals surface area contributed by atoms with Gasteiger partial charge in [0.1, 0.15) is 16.6 Å². The predicted octanol–water partition coefficient (Wildman–Crippen LogP) is 3.63. The maximum absolute atomic E-state index is 12.5. The first-order chi connectivity index (χ1) is 12.0. The van der Waals surface area contributed by atoms with Crippen molar-refractivity contribution in [3.05, 3.63) is 34.7 Å². The van der Waals surface area contributed by atoms with Crippen LogP contribution in [0, 0.1) is 0 Å². The van der Waals surface area contributed by atoms with E-state index in [0.29, 0.717) is 15.8 Å². The van der Waals surface area contributed by atoms with E-state index < -0.39 is 5.97 Å². The van der Waals surface area contributed by atoms with Crippen LogP contribution in [0.3, 0.4) is 0 Å². The number of methoxy groups -OCH3 is 1. The lowest BCUT2D eigenvalue weighted by molar-refractivity contribution is -0.146. The first-order valence-corrected chi connectivity index (χ1v) is 9.32. The van der Waals surface area contributed by atoms with Crippen LogP contribution in [0.25, 0.3) is 6.08 Å². The number of thioether (sulfide) groups is 1. The van der Waals surface area contributed by atoms with Crippen LogP contribution in [0.4, 0.5) is 0 Å². The van der Waals surface area contributed by atoms with Crippen LogP contribution >= 0.6 is 24.0 Å². The third-order valence-corrected chi connectivity index (χ3v) is 4.96. The molecule has 1 fully saturated rings. The Morgan fingerprint density at radius 2 is 2.00 bits per heavy atom. The lowest BCUT2D eigenvalue weighted by Crippen LogP contribution is -2.34. The number of hydrogen-bond donors (Lipinski definition) is 0. The molecule has 0 bridgehead atoms. The van der Waals surface area contributed by atoms with Gasteiger partial charge in [0.05, 0.1) is 18.6 Å². The average Bonchev–Trinajstić information content (AvgIpc) is 2.87. The lowest BCUT2D eigenvalue weighted by Gasteiger charge is -2.13. The van der Waals surface area contributed by atoms with Crippen molar-refractivity contribution in [2.24, 2.45) is 0 Å². The van der Waals surface area contributed by atoms with E-state index in [4.69, 9.17) is 21.7 Å². The highest BCUT2D eigenvalue weighted by atomic mass is 32.2. The Balaban J connectivity index is 1.96. The van der Waals surface area contributed by atoms with E-state index in [9.17, 15) is 9.59 Å². The third kappa shape index (κ3) is 5.57. The van der Waals surface area contributed by atoms with E-state index in [1.54, 1.807) is 13.2 Å². The zero-order valence-corrected chi connectivity index (χ0v) is 16.0. The fourth-order valence-electron chi connectivity index (χ4n) is 2.20. The summed E-state index contributed by atoms with van der Waals surface area (Å²) in [5.41, 5.74) is 0.864. The Kier molecular flexibility index (Phi) is 7.46. The number of carbonyl (C=O) groups is 2. The minimum absolute atomic E-state index is 0.142. The van der Waals surface area contributed by atoms with Crippen molar-refractivity contribution < 1.29 is 19.1 Å². The third-order valence-electron chi connectivity index (χ3n) is 3.59. The molecule has 1 aliphatic rings. The Labute approximate surface area is 157 Å². The second kappa shape index (κ2) is 9.58. The molecule has 134 valence electrons. The first kappa shape index (κ1) is 19.5. The molecule has 1 amide bonds. The normalized spacial score (nSPS) is 15.8. The minimum atomic E-state index is -0.432. The van der Waals surface area contributed by atoms with Crippen LogP contribution < -0.4 is 4.74 Å². The molecule has 5 nitrogen and oxygen atoms in total. The van der Waals surface area contributed by atoms with Crippen molar-refractivity contribution in [3.63, 3.8) is 0 Å². The SMILES string of the molecule is CCCCCOC(=O)CN1C(=O)C(=Cc2ccc(OC)cc2)SC1=S. The largest absolute Gasteiger partial charge is 0.497 e. The summed E-state index contributed by atoms with van der Waals surface area (Å²) < 4.78 is 10.6. The fourth-order valence-corrected chi connectivity index (χ4v) is 3.46. The molecular formula is C18H21NO4S2. The van der Waals surface area contributed by atoms with Gasteiger partial charge in [-0.25, -0.2) is 0 Å². The van der Waals surface area contributed by atoms with Gasteiger partial charge in [-0.3, -0.25) is 14.5 Å². The zero-order valence-electron chi connectivity index (χ0n) is 14.3. The monoisotopic (exact) mass is 379 g/mol. The number of esters is 1. The molecule has 0 aromatic heterocycles. The zero-order chi connectivity index (χ0) is 18.2. The first-order valence-electron chi connectivity index (χ1n) is 8.10. The van der Waals surface area contributed by atoms with Crippen molar-refractivity contribution >= 4 is 46.3 Å². The Morgan fingerprint density at radius 1 is 1.28 bits per heavy atom. The number of rotatable bonds is 8. The molecule has 1 saturated heterocycles. The highest BCUT2D eigenvalue weighted by Crippen LogP contribution is 2.32. The van der Waals surface area contributed by atoms with Gasteiger partial charge in [-0.15, -0.1) is 0 Å². The fraction of sp³-hybridized carbons (Fsp3) is 0.389. The molecule has 1 aliphatic heterocycles. The van der Waals surface area contributed by atoms with Crippen LogP contribution in [-0.2, 0) is 14.3 Å². The summed E-state index contributed by atoms with van der Waals surface area (Å²) in [6.07, 6.45) is 4.66. The maximum Gasteiger partial charge on any atom is 0.326 e. The molecule has 0 unspecified atom stereocenters.